The molecule has 1 aliphatic rings. The average Bonchev–Trinajstić information content (AvgIpc) is 3.29. The first-order valence-electron chi connectivity index (χ1n) is 11.0. The van der Waals surface area contributed by atoms with Crippen molar-refractivity contribution in [1.82, 2.24) is 20.3 Å². The van der Waals surface area contributed by atoms with E-state index in [1.54, 1.807) is 11.3 Å². The van der Waals surface area contributed by atoms with Crippen LogP contribution in [0.5, 0.6) is 0 Å². The molecule has 8 heteroatoms. The molecule has 0 fully saturated rings. The van der Waals surface area contributed by atoms with Crippen LogP contribution >= 0.6 is 23.1 Å². The highest BCUT2D eigenvalue weighted by Crippen LogP contribution is 2.33. The second kappa shape index (κ2) is 8.75. The Bertz CT molecular complexity index is 1380. The summed E-state index contributed by atoms with van der Waals surface area (Å²) < 4.78 is 0. The fraction of sp³-hybridized carbons (Fsp3) is 0.375. The number of hydrogen-bond acceptors (Lipinski definition) is 5. The second-order valence-corrected chi connectivity index (χ2v) is 10.5. The van der Waals surface area contributed by atoms with Gasteiger partial charge in [0.25, 0.3) is 5.56 Å². The van der Waals surface area contributed by atoms with E-state index in [1.165, 1.54) is 45.3 Å². The molecule has 1 amide bonds. The third-order valence-corrected chi connectivity index (χ3v) is 8.34. The van der Waals surface area contributed by atoms with Crippen molar-refractivity contribution >= 4 is 50.1 Å². The molecule has 0 radical (unpaired) electrons. The number of aryl methyl sites for hydroxylation is 4. The number of nitrogens with zero attached hydrogens (tertiary/aromatic N) is 1. The van der Waals surface area contributed by atoms with Crippen molar-refractivity contribution in [3.05, 3.63) is 61.6 Å². The molecule has 5 rings (SSSR count). The van der Waals surface area contributed by atoms with E-state index in [1.807, 2.05) is 6.07 Å². The summed E-state index contributed by atoms with van der Waals surface area (Å²) in [5.41, 5.74) is 5.78. The fourth-order valence-corrected chi connectivity index (χ4v) is 6.39. The quantitative estimate of drug-likeness (QED) is 0.390. The van der Waals surface area contributed by atoms with Crippen molar-refractivity contribution in [2.45, 2.75) is 51.8 Å². The molecule has 0 saturated heterocycles. The molecule has 0 saturated carbocycles. The van der Waals surface area contributed by atoms with Gasteiger partial charge >= 0.3 is 0 Å². The Morgan fingerprint density at radius 1 is 1.22 bits per heavy atom. The van der Waals surface area contributed by atoms with Crippen LogP contribution in [0.4, 0.5) is 0 Å². The lowest BCUT2D eigenvalue weighted by Gasteiger charge is -2.09. The summed E-state index contributed by atoms with van der Waals surface area (Å²) in [4.78, 5) is 38.1. The molecule has 3 aromatic heterocycles. The van der Waals surface area contributed by atoms with Crippen LogP contribution in [0.1, 0.15) is 45.9 Å². The van der Waals surface area contributed by atoms with Gasteiger partial charge in [0.05, 0.1) is 16.9 Å². The number of thiophene rings is 1. The maximum Gasteiger partial charge on any atom is 0.259 e. The number of amides is 1. The van der Waals surface area contributed by atoms with E-state index < -0.39 is 0 Å². The van der Waals surface area contributed by atoms with Gasteiger partial charge in [-0.05, 0) is 68.4 Å². The molecule has 0 unspecified atom stereocenters. The van der Waals surface area contributed by atoms with Crippen LogP contribution in [0.2, 0.25) is 0 Å². The van der Waals surface area contributed by atoms with Crippen LogP contribution in [0, 0.1) is 13.8 Å². The largest absolute Gasteiger partial charge is 0.358 e. The number of nitrogens with one attached hydrogen (secondary N) is 3. The zero-order chi connectivity index (χ0) is 22.2. The fourth-order valence-electron chi connectivity index (χ4n) is 4.39. The smallest absolute Gasteiger partial charge is 0.259 e. The summed E-state index contributed by atoms with van der Waals surface area (Å²) in [6.07, 6.45) is 4.36. The Morgan fingerprint density at radius 3 is 2.94 bits per heavy atom. The van der Waals surface area contributed by atoms with E-state index in [-0.39, 0.29) is 11.5 Å². The van der Waals surface area contributed by atoms with E-state index in [0.29, 0.717) is 23.9 Å². The van der Waals surface area contributed by atoms with Crippen LogP contribution in [-0.4, -0.2) is 26.6 Å². The topological polar surface area (TPSA) is 90.6 Å². The Morgan fingerprint density at radius 2 is 2.06 bits per heavy atom. The average molecular weight is 467 g/mol. The molecule has 3 heterocycles. The van der Waals surface area contributed by atoms with Gasteiger partial charge in [-0.15, -0.1) is 23.1 Å². The molecule has 166 valence electrons. The zero-order valence-corrected chi connectivity index (χ0v) is 19.9. The first kappa shape index (κ1) is 21.3. The van der Waals surface area contributed by atoms with Crippen LogP contribution in [0.15, 0.2) is 23.0 Å². The van der Waals surface area contributed by atoms with Crippen molar-refractivity contribution in [2.75, 3.05) is 5.75 Å². The maximum atomic E-state index is 12.6. The molecule has 0 atom stereocenters. The van der Waals surface area contributed by atoms with E-state index >= 15 is 0 Å². The molecule has 32 heavy (non-hydrogen) atoms. The molecule has 6 nitrogen and oxygen atoms in total. The number of H-pyrrole nitrogens is 2. The summed E-state index contributed by atoms with van der Waals surface area (Å²) in [5.74, 6) is 1.46. The molecular formula is C24H26N4O2S2. The zero-order valence-electron chi connectivity index (χ0n) is 18.3. The summed E-state index contributed by atoms with van der Waals surface area (Å²) >= 11 is 3.12. The molecule has 0 aliphatic heterocycles. The maximum absolute atomic E-state index is 12.6. The third-order valence-electron chi connectivity index (χ3n) is 6.21. The van der Waals surface area contributed by atoms with Crippen molar-refractivity contribution in [2.24, 2.45) is 0 Å². The number of benzene rings is 1. The van der Waals surface area contributed by atoms with Gasteiger partial charge in [0, 0.05) is 28.0 Å². The number of thioether (sulfide) groups is 1. The Hall–Kier alpha value is -2.58. The van der Waals surface area contributed by atoms with Crippen LogP contribution < -0.4 is 10.9 Å². The van der Waals surface area contributed by atoms with E-state index in [2.05, 4.69) is 46.2 Å². The molecule has 4 aromatic rings. The molecular weight excluding hydrogens is 440 g/mol. The standard InChI is InChI=1S/C24H26N4O2S2/c1-13-14(2)26-18-8-7-15(9-17(13)18)10-25-21(29)12-31-11-20-27-23(30)22-16-5-3-4-6-19(16)32-24(22)28-20/h7-9,26H,3-6,10-12H2,1-2H3,(H,25,29)(H,27,28,30). The highest BCUT2D eigenvalue weighted by Gasteiger charge is 2.19. The number of fused-ring (bicyclic) bond motifs is 4. The normalized spacial score (nSPS) is 13.6. The molecule has 0 spiro atoms. The van der Waals surface area contributed by atoms with Crippen molar-refractivity contribution in [3.8, 4) is 0 Å². The van der Waals surface area contributed by atoms with E-state index in [4.69, 9.17) is 0 Å². The van der Waals surface area contributed by atoms with E-state index in [9.17, 15) is 9.59 Å². The lowest BCUT2D eigenvalue weighted by Crippen LogP contribution is -2.24. The summed E-state index contributed by atoms with van der Waals surface area (Å²) in [5, 5.41) is 4.97. The lowest BCUT2D eigenvalue weighted by atomic mass is 9.97. The monoisotopic (exact) mass is 466 g/mol. The van der Waals surface area contributed by atoms with Gasteiger partial charge in [0.1, 0.15) is 10.7 Å². The predicted octanol–water partition coefficient (Wildman–Crippen LogP) is 4.51. The number of hydrogen-bond donors (Lipinski definition) is 3. The number of carbonyl (C=O) groups excluding carboxylic acids is 1. The molecule has 0 bridgehead atoms. The van der Waals surface area contributed by atoms with Crippen LogP contribution in [0.25, 0.3) is 21.1 Å². The SMILES string of the molecule is Cc1[nH]c2ccc(CNC(=O)CSCc3nc4sc5c(c4c(=O)[nH]3)CCCC5)cc2c1C. The lowest BCUT2D eigenvalue weighted by molar-refractivity contribution is -0.118. The van der Waals surface area contributed by atoms with Crippen LogP contribution in [-0.2, 0) is 29.9 Å². The van der Waals surface area contributed by atoms with Crippen molar-refractivity contribution < 1.29 is 4.79 Å². The van der Waals surface area contributed by atoms with Crippen molar-refractivity contribution in [1.29, 1.82) is 0 Å². The number of aromatic amines is 2. The highest BCUT2D eigenvalue weighted by atomic mass is 32.2. The van der Waals surface area contributed by atoms with Gasteiger partial charge in [0.15, 0.2) is 0 Å². The minimum absolute atomic E-state index is 0.0212. The molecule has 3 N–H and O–H groups in total. The highest BCUT2D eigenvalue weighted by molar-refractivity contribution is 7.99. The van der Waals surface area contributed by atoms with E-state index in [0.717, 1.165) is 40.6 Å². The third kappa shape index (κ3) is 4.09. The minimum Gasteiger partial charge on any atom is -0.358 e. The second-order valence-electron chi connectivity index (χ2n) is 8.43. The number of rotatable bonds is 6. The summed E-state index contributed by atoms with van der Waals surface area (Å²) in [7, 11) is 0. The summed E-state index contributed by atoms with van der Waals surface area (Å²) in [6, 6.07) is 6.23. The Kier molecular flexibility index (Phi) is 5.82. The summed E-state index contributed by atoms with van der Waals surface area (Å²) in [6.45, 7) is 4.68. The van der Waals surface area contributed by atoms with Gasteiger partial charge < -0.3 is 15.3 Å². The first-order valence-corrected chi connectivity index (χ1v) is 12.9. The van der Waals surface area contributed by atoms with Gasteiger partial charge in [0.2, 0.25) is 5.91 Å². The van der Waals surface area contributed by atoms with Gasteiger partial charge in [-0.1, -0.05) is 6.07 Å². The van der Waals surface area contributed by atoms with Crippen molar-refractivity contribution in [3.63, 3.8) is 0 Å². The molecule has 1 aliphatic carbocycles. The van der Waals surface area contributed by atoms with Crippen LogP contribution in [0.3, 0.4) is 0 Å². The number of aromatic nitrogens is 3. The van der Waals surface area contributed by atoms with Gasteiger partial charge in [-0.25, -0.2) is 4.98 Å². The Labute approximate surface area is 194 Å². The number of carbonyl (C=O) groups is 1. The predicted molar refractivity (Wildman–Crippen MR) is 133 cm³/mol. The first-order chi connectivity index (χ1) is 15.5. The van der Waals surface area contributed by atoms with Gasteiger partial charge in [-0.2, -0.15) is 0 Å². The van der Waals surface area contributed by atoms with Gasteiger partial charge in [-0.3, -0.25) is 9.59 Å². The minimum atomic E-state index is -0.0415. The molecule has 1 aromatic carbocycles. The Balaban J connectivity index is 1.17.